The van der Waals surface area contributed by atoms with Crippen molar-refractivity contribution in [2.24, 2.45) is 0 Å². The molecule has 1 aliphatic heterocycles. The van der Waals surface area contributed by atoms with Crippen LogP contribution >= 0.6 is 0 Å². The maximum Gasteiger partial charge on any atom is 0.224 e. The Bertz CT molecular complexity index is 1210. The summed E-state index contributed by atoms with van der Waals surface area (Å²) in [5, 5.41) is 16.1. The van der Waals surface area contributed by atoms with Gasteiger partial charge in [0.1, 0.15) is 17.2 Å². The van der Waals surface area contributed by atoms with Crippen LogP contribution in [0.5, 0.6) is 0 Å². The molecule has 1 saturated carbocycles. The van der Waals surface area contributed by atoms with E-state index in [1.807, 2.05) is 4.57 Å². The van der Waals surface area contributed by atoms with Crippen LogP contribution in [-0.4, -0.2) is 60.7 Å². The quantitative estimate of drug-likeness (QED) is 0.524. The van der Waals surface area contributed by atoms with Gasteiger partial charge in [0.25, 0.3) is 0 Å². The second kappa shape index (κ2) is 9.13. The van der Waals surface area contributed by atoms with E-state index in [1.54, 1.807) is 11.1 Å². The Kier molecular flexibility index (Phi) is 6.03. The number of carbonyl (C=O) groups is 1. The second-order valence-corrected chi connectivity index (χ2v) is 9.01. The van der Waals surface area contributed by atoms with Gasteiger partial charge in [-0.25, -0.2) is 18.7 Å². The number of aliphatic hydroxyl groups is 1. The van der Waals surface area contributed by atoms with Crippen LogP contribution in [0.15, 0.2) is 24.4 Å². The molecule has 1 aromatic carbocycles. The Morgan fingerprint density at radius 2 is 1.94 bits per heavy atom. The zero-order valence-corrected chi connectivity index (χ0v) is 18.8. The van der Waals surface area contributed by atoms with Crippen LogP contribution in [0.1, 0.15) is 45.1 Å². The fraction of sp³-hybridized carbons (Fsp3) is 0.478. The fourth-order valence-corrected chi connectivity index (χ4v) is 4.75. The lowest BCUT2D eigenvalue weighted by atomic mass is 9.93. The molecule has 1 aliphatic carbocycles. The first kappa shape index (κ1) is 22.5. The Balaban J connectivity index is 1.50. The van der Waals surface area contributed by atoms with Crippen LogP contribution in [0, 0.1) is 11.6 Å². The topological polar surface area (TPSA) is 108 Å². The number of rotatable bonds is 5. The summed E-state index contributed by atoms with van der Waals surface area (Å²) in [4.78, 5) is 27.4. The summed E-state index contributed by atoms with van der Waals surface area (Å²) in [6.07, 6.45) is 5.18. The first-order valence-corrected chi connectivity index (χ1v) is 11.5. The molecule has 2 aliphatic rings. The molecule has 1 amide bonds. The van der Waals surface area contributed by atoms with Gasteiger partial charge in [-0.1, -0.05) is 0 Å². The molecule has 1 unspecified atom stereocenters. The van der Waals surface area contributed by atoms with Gasteiger partial charge in [0.15, 0.2) is 5.65 Å². The van der Waals surface area contributed by atoms with Crippen molar-refractivity contribution in [2.75, 3.05) is 23.7 Å². The van der Waals surface area contributed by atoms with Gasteiger partial charge in [-0.05, 0) is 44.2 Å². The minimum atomic E-state index is -0.733. The monoisotopic (exact) mass is 471 g/mol. The molecule has 180 valence electrons. The van der Waals surface area contributed by atoms with Gasteiger partial charge in [0.2, 0.25) is 17.8 Å². The molecule has 3 aromatic rings. The van der Waals surface area contributed by atoms with Gasteiger partial charge < -0.3 is 20.6 Å². The third-order valence-electron chi connectivity index (χ3n) is 6.61. The molecule has 1 atom stereocenters. The number of anilines is 3. The van der Waals surface area contributed by atoms with Crippen molar-refractivity contribution in [3.63, 3.8) is 0 Å². The highest BCUT2D eigenvalue weighted by molar-refractivity contribution is 5.77. The number of likely N-dealkylation sites (tertiary alicyclic amines) is 1. The number of nitrogens with zero attached hydrogens (tertiary/aromatic N) is 5. The number of amides is 1. The Morgan fingerprint density at radius 3 is 2.65 bits per heavy atom. The van der Waals surface area contributed by atoms with Crippen molar-refractivity contribution in [2.45, 2.75) is 57.2 Å². The summed E-state index contributed by atoms with van der Waals surface area (Å²) in [6.45, 7) is 2.62. The Hall–Kier alpha value is -3.34. The van der Waals surface area contributed by atoms with E-state index in [0.29, 0.717) is 42.6 Å². The van der Waals surface area contributed by atoms with E-state index in [-0.39, 0.29) is 29.8 Å². The summed E-state index contributed by atoms with van der Waals surface area (Å²) in [7, 11) is 0. The number of nitrogens with one attached hydrogen (secondary N) is 2. The molecule has 0 bridgehead atoms. The zero-order chi connectivity index (χ0) is 23.8. The van der Waals surface area contributed by atoms with E-state index in [2.05, 4.69) is 20.6 Å². The lowest BCUT2D eigenvalue weighted by Crippen LogP contribution is -2.29. The molecular weight excluding hydrogens is 444 g/mol. The number of hydrogen-bond acceptors (Lipinski definition) is 7. The highest BCUT2D eigenvalue weighted by atomic mass is 19.1. The first-order chi connectivity index (χ1) is 16.4. The van der Waals surface area contributed by atoms with E-state index >= 15 is 0 Å². The van der Waals surface area contributed by atoms with Gasteiger partial charge in [0, 0.05) is 32.1 Å². The molecule has 2 aromatic heterocycles. The lowest BCUT2D eigenvalue weighted by Gasteiger charge is -2.26. The van der Waals surface area contributed by atoms with Gasteiger partial charge in [-0.3, -0.25) is 9.36 Å². The normalized spacial score (nSPS) is 22.8. The summed E-state index contributed by atoms with van der Waals surface area (Å²) < 4.78 is 29.6. The van der Waals surface area contributed by atoms with Crippen LogP contribution in [-0.2, 0) is 4.79 Å². The molecule has 3 N–H and O–H groups in total. The van der Waals surface area contributed by atoms with Crippen molar-refractivity contribution in [3.05, 3.63) is 36.0 Å². The van der Waals surface area contributed by atoms with Crippen molar-refractivity contribution < 1.29 is 18.7 Å². The number of halogens is 2. The van der Waals surface area contributed by atoms with Crippen molar-refractivity contribution >= 4 is 34.7 Å². The predicted molar refractivity (Wildman–Crippen MR) is 123 cm³/mol. The molecule has 5 rings (SSSR count). The van der Waals surface area contributed by atoms with Gasteiger partial charge in [-0.15, -0.1) is 0 Å². The van der Waals surface area contributed by atoms with E-state index in [9.17, 15) is 18.7 Å². The molecule has 1 saturated heterocycles. The van der Waals surface area contributed by atoms with Crippen LogP contribution in [0.25, 0.3) is 11.2 Å². The third kappa shape index (κ3) is 4.52. The number of fused-ring (bicyclic) bond motifs is 1. The van der Waals surface area contributed by atoms with Crippen LogP contribution in [0.4, 0.5) is 26.4 Å². The molecule has 2 fully saturated rings. The Morgan fingerprint density at radius 1 is 1.15 bits per heavy atom. The van der Waals surface area contributed by atoms with Gasteiger partial charge in [-0.2, -0.15) is 4.98 Å². The lowest BCUT2D eigenvalue weighted by molar-refractivity contribution is -0.127. The fourth-order valence-electron chi connectivity index (χ4n) is 4.75. The molecule has 0 spiro atoms. The molecule has 34 heavy (non-hydrogen) atoms. The number of benzene rings is 1. The number of carbonyl (C=O) groups excluding carboxylic acids is 1. The van der Waals surface area contributed by atoms with Crippen molar-refractivity contribution in [3.8, 4) is 0 Å². The van der Waals surface area contributed by atoms with Crippen LogP contribution in [0.2, 0.25) is 0 Å². The highest BCUT2D eigenvalue weighted by Crippen LogP contribution is 2.32. The van der Waals surface area contributed by atoms with Crippen molar-refractivity contribution in [1.82, 2.24) is 24.4 Å². The third-order valence-corrected chi connectivity index (χ3v) is 6.61. The number of aromatic nitrogens is 4. The number of hydrogen-bond donors (Lipinski definition) is 3. The van der Waals surface area contributed by atoms with Crippen molar-refractivity contribution in [1.29, 1.82) is 0 Å². The maximum atomic E-state index is 14.4. The van der Waals surface area contributed by atoms with E-state index in [4.69, 9.17) is 4.98 Å². The molecule has 0 radical (unpaired) electrons. The highest BCUT2D eigenvalue weighted by Gasteiger charge is 2.30. The number of aliphatic hydroxyl groups excluding tert-OH is 1. The minimum Gasteiger partial charge on any atom is -0.393 e. The van der Waals surface area contributed by atoms with Crippen LogP contribution < -0.4 is 10.6 Å². The van der Waals surface area contributed by atoms with E-state index in [0.717, 1.165) is 31.7 Å². The minimum absolute atomic E-state index is 0.0116. The largest absolute Gasteiger partial charge is 0.393 e. The molecular formula is C23H27F2N7O2. The number of imidazole rings is 1. The summed E-state index contributed by atoms with van der Waals surface area (Å²) in [6, 6.07) is 3.36. The average molecular weight is 472 g/mol. The standard InChI is InChI=1S/C23H27F2N7O2/c1-13(33)31-9-8-16(12-31)32-21-20(29-23(32)28-19-7-2-14(24)10-18(19)25)11-26-22(30-21)27-15-3-5-17(34)6-4-15/h2,7,10-11,15-17,34H,3-6,8-9,12H2,1H3,(H,28,29)(H,26,27,30). The molecule has 11 heteroatoms. The average Bonchev–Trinajstić information content (AvgIpc) is 3.41. The Labute approximate surface area is 195 Å². The molecule has 3 heterocycles. The van der Waals surface area contributed by atoms with Gasteiger partial charge >= 0.3 is 0 Å². The zero-order valence-electron chi connectivity index (χ0n) is 18.8. The van der Waals surface area contributed by atoms with Gasteiger partial charge in [0.05, 0.1) is 24.0 Å². The summed E-state index contributed by atoms with van der Waals surface area (Å²) in [5.41, 5.74) is 1.18. The van der Waals surface area contributed by atoms with E-state index in [1.165, 1.54) is 19.1 Å². The summed E-state index contributed by atoms with van der Waals surface area (Å²) in [5.74, 6) is -0.605. The first-order valence-electron chi connectivity index (χ1n) is 11.5. The van der Waals surface area contributed by atoms with E-state index < -0.39 is 11.6 Å². The van der Waals surface area contributed by atoms with Crippen LogP contribution in [0.3, 0.4) is 0 Å². The predicted octanol–water partition coefficient (Wildman–Crippen LogP) is 3.36. The smallest absolute Gasteiger partial charge is 0.224 e. The maximum absolute atomic E-state index is 14.4. The SMILES string of the molecule is CC(=O)N1CCC(n2c(Nc3ccc(F)cc3F)nc3cnc(NC4CCC(O)CC4)nc32)C1. The summed E-state index contributed by atoms with van der Waals surface area (Å²) >= 11 is 0. The molecule has 9 nitrogen and oxygen atoms in total. The second-order valence-electron chi connectivity index (χ2n) is 9.01.